The Morgan fingerprint density at radius 1 is 0.519 bits per heavy atom. The second-order valence-electron chi connectivity index (χ2n) is 14.5. The molecule has 3 atom stereocenters. The summed E-state index contributed by atoms with van der Waals surface area (Å²) < 4.78 is 32.6. The average Bonchev–Trinajstić information content (AvgIpc) is 3.12. The number of hydrogen-bond acceptors (Lipinski definition) is 9. The fourth-order valence-electron chi connectivity index (χ4n) is 6.01. The van der Waals surface area contributed by atoms with E-state index in [0.717, 1.165) is 38.5 Å². The van der Waals surface area contributed by atoms with Crippen molar-refractivity contribution in [3.8, 4) is 0 Å². The van der Waals surface area contributed by atoms with Crippen LogP contribution in [0.15, 0.2) is 0 Å². The van der Waals surface area contributed by atoms with Crippen LogP contribution in [0.3, 0.4) is 0 Å². The van der Waals surface area contributed by atoms with Crippen LogP contribution in [0.5, 0.6) is 0 Å². The van der Waals surface area contributed by atoms with Crippen molar-refractivity contribution in [1.82, 2.24) is 0 Å². The van der Waals surface area contributed by atoms with E-state index in [9.17, 15) is 23.8 Å². The van der Waals surface area contributed by atoms with E-state index in [0.29, 0.717) is 12.8 Å². The third-order valence-corrected chi connectivity index (χ3v) is 10.3. The van der Waals surface area contributed by atoms with Crippen LogP contribution >= 0.6 is 7.82 Å². The summed E-state index contributed by atoms with van der Waals surface area (Å²) in [5.74, 6) is -2.36. The smallest absolute Gasteiger partial charge is 0.472 e. The van der Waals surface area contributed by atoms with Crippen LogP contribution in [0.25, 0.3) is 0 Å². The van der Waals surface area contributed by atoms with Crippen LogP contribution in [0, 0.1) is 0 Å². The summed E-state index contributed by atoms with van der Waals surface area (Å²) in [6.07, 6.45) is 33.2. The predicted molar refractivity (Wildman–Crippen MR) is 208 cm³/mol. The van der Waals surface area contributed by atoms with Gasteiger partial charge in [-0.1, -0.05) is 181 Å². The third kappa shape index (κ3) is 35.5. The summed E-state index contributed by atoms with van der Waals surface area (Å²) in [6, 6.07) is -1.51. The molecule has 0 aliphatic heterocycles. The van der Waals surface area contributed by atoms with Gasteiger partial charge in [-0.2, -0.15) is 0 Å². The zero-order valence-electron chi connectivity index (χ0n) is 33.2. The number of carboxylic acid groups (broad SMARTS) is 1. The molecule has 12 heteroatoms. The van der Waals surface area contributed by atoms with Crippen molar-refractivity contribution in [3.63, 3.8) is 0 Å². The molecule has 0 aromatic rings. The topological polar surface area (TPSA) is 172 Å². The lowest BCUT2D eigenvalue weighted by atomic mass is 10.0. The zero-order chi connectivity index (χ0) is 38.5. The summed E-state index contributed by atoms with van der Waals surface area (Å²) in [5, 5.41) is 8.86. The van der Waals surface area contributed by atoms with Crippen molar-refractivity contribution in [1.29, 1.82) is 0 Å². The van der Waals surface area contributed by atoms with Crippen LogP contribution in [0.2, 0.25) is 0 Å². The van der Waals surface area contributed by atoms with E-state index in [4.69, 9.17) is 24.8 Å². The number of hydrogen-bond donors (Lipinski definition) is 3. The first-order valence-corrected chi connectivity index (χ1v) is 22.6. The van der Waals surface area contributed by atoms with Gasteiger partial charge in [0.05, 0.1) is 13.2 Å². The second kappa shape index (κ2) is 36.5. The Labute approximate surface area is 316 Å². The molecule has 0 fully saturated rings. The van der Waals surface area contributed by atoms with E-state index >= 15 is 0 Å². The molecule has 0 heterocycles. The fraction of sp³-hybridized carbons (Fsp3) is 0.925. The lowest BCUT2D eigenvalue weighted by Gasteiger charge is -2.20. The van der Waals surface area contributed by atoms with Gasteiger partial charge in [0, 0.05) is 12.8 Å². The number of ether oxygens (including phenoxy) is 2. The van der Waals surface area contributed by atoms with Gasteiger partial charge >= 0.3 is 25.7 Å². The molecule has 0 aromatic heterocycles. The molecule has 0 radical (unpaired) electrons. The minimum absolute atomic E-state index is 0.169. The Balaban J connectivity index is 4.25. The van der Waals surface area contributed by atoms with E-state index in [1.165, 1.54) is 128 Å². The van der Waals surface area contributed by atoms with Gasteiger partial charge in [0.15, 0.2) is 6.10 Å². The van der Waals surface area contributed by atoms with Crippen LogP contribution in [-0.4, -0.2) is 59.9 Å². The van der Waals surface area contributed by atoms with Crippen molar-refractivity contribution in [2.45, 2.75) is 219 Å². The molecule has 11 nitrogen and oxygen atoms in total. The monoisotopic (exact) mass is 764 g/mol. The normalized spacial score (nSPS) is 13.8. The van der Waals surface area contributed by atoms with Crippen molar-refractivity contribution >= 4 is 25.7 Å². The minimum Gasteiger partial charge on any atom is -0.480 e. The highest BCUT2D eigenvalue weighted by molar-refractivity contribution is 7.47. The SMILES string of the molecule is CCCCCCCCCCCCCCCCCCCCCC(=O)O[C@@H](COC(=O)CCCCCCCCCCC)COP(=O)(O)OC[C@H](N)C(=O)O. The van der Waals surface area contributed by atoms with Crippen LogP contribution in [0.1, 0.15) is 206 Å². The maximum absolute atomic E-state index is 12.6. The molecule has 1 unspecified atom stereocenters. The van der Waals surface area contributed by atoms with Gasteiger partial charge in [0.25, 0.3) is 0 Å². The first-order chi connectivity index (χ1) is 25.1. The van der Waals surface area contributed by atoms with Crippen LogP contribution in [0.4, 0.5) is 0 Å². The number of esters is 2. The molecule has 0 aromatic carbocycles. The largest absolute Gasteiger partial charge is 0.480 e. The fourth-order valence-corrected chi connectivity index (χ4v) is 6.79. The average molecular weight is 764 g/mol. The van der Waals surface area contributed by atoms with E-state index < -0.39 is 51.1 Å². The number of nitrogens with two attached hydrogens (primary N) is 1. The lowest BCUT2D eigenvalue weighted by Crippen LogP contribution is -2.34. The van der Waals surface area contributed by atoms with Gasteiger partial charge in [-0.25, -0.2) is 4.57 Å². The zero-order valence-corrected chi connectivity index (χ0v) is 34.1. The summed E-state index contributed by atoms with van der Waals surface area (Å²) >= 11 is 0. The molecule has 0 saturated heterocycles. The third-order valence-electron chi connectivity index (χ3n) is 9.36. The van der Waals surface area contributed by atoms with Gasteiger partial charge < -0.3 is 25.2 Å². The molecule has 0 amide bonds. The molecular weight excluding hydrogens is 685 g/mol. The summed E-state index contributed by atoms with van der Waals surface area (Å²) in [5.41, 5.74) is 5.32. The van der Waals surface area contributed by atoms with Crippen LogP contribution in [-0.2, 0) is 37.5 Å². The van der Waals surface area contributed by atoms with Gasteiger partial charge in [-0.3, -0.25) is 23.4 Å². The van der Waals surface area contributed by atoms with E-state index in [-0.39, 0.29) is 19.4 Å². The molecule has 4 N–H and O–H groups in total. The molecule has 0 saturated carbocycles. The number of unbranched alkanes of at least 4 members (excludes halogenated alkanes) is 26. The van der Waals surface area contributed by atoms with Crippen molar-refractivity contribution < 1.29 is 47.5 Å². The number of carbonyl (C=O) groups excluding carboxylic acids is 2. The van der Waals surface area contributed by atoms with Gasteiger partial charge in [-0.15, -0.1) is 0 Å². The number of phosphoric acid groups is 1. The minimum atomic E-state index is -4.70. The molecule has 0 spiro atoms. The summed E-state index contributed by atoms with van der Waals surface area (Å²) in [7, 11) is -4.70. The van der Waals surface area contributed by atoms with Crippen molar-refractivity contribution in [2.75, 3.05) is 19.8 Å². The Kier molecular flexibility index (Phi) is 35.4. The van der Waals surface area contributed by atoms with Gasteiger partial charge in [0.2, 0.25) is 0 Å². The van der Waals surface area contributed by atoms with Gasteiger partial charge in [-0.05, 0) is 12.8 Å². The number of phosphoric ester groups is 1. The molecule has 0 rings (SSSR count). The molecular formula is C40H78NO10P. The van der Waals surface area contributed by atoms with E-state index in [2.05, 4.69) is 18.4 Å². The first kappa shape index (κ1) is 50.5. The Bertz CT molecular complexity index is 906. The molecule has 0 aliphatic carbocycles. The maximum atomic E-state index is 12.6. The molecule has 52 heavy (non-hydrogen) atoms. The first-order valence-electron chi connectivity index (χ1n) is 21.1. The van der Waals surface area contributed by atoms with Crippen LogP contribution < -0.4 is 5.73 Å². The molecule has 0 aliphatic rings. The van der Waals surface area contributed by atoms with E-state index in [1.54, 1.807) is 0 Å². The van der Waals surface area contributed by atoms with Crippen molar-refractivity contribution in [2.24, 2.45) is 5.73 Å². The Hall–Kier alpha value is -1.52. The predicted octanol–water partition coefficient (Wildman–Crippen LogP) is 10.7. The summed E-state index contributed by atoms with van der Waals surface area (Å²) in [4.78, 5) is 45.8. The summed E-state index contributed by atoms with van der Waals surface area (Å²) in [6.45, 7) is 2.80. The molecule has 0 bridgehead atoms. The maximum Gasteiger partial charge on any atom is 0.472 e. The quantitative estimate of drug-likeness (QED) is 0.0308. The number of carboxylic acids is 1. The highest BCUT2D eigenvalue weighted by Gasteiger charge is 2.28. The number of carbonyl (C=O) groups is 3. The standard InChI is InChI=1S/C40H78NO10P/c1-3-5-7-9-11-13-14-15-16-17-18-19-20-21-22-24-26-28-30-32-39(43)51-36(34-49-52(46,47)50-35-37(41)40(44)45)33-48-38(42)31-29-27-25-23-12-10-8-6-4-2/h36-37H,3-35,41H2,1-2H3,(H,44,45)(H,46,47)/t36-,37-/m0/s1. The lowest BCUT2D eigenvalue weighted by molar-refractivity contribution is -0.161. The Morgan fingerprint density at radius 3 is 1.21 bits per heavy atom. The van der Waals surface area contributed by atoms with Gasteiger partial charge in [0.1, 0.15) is 12.6 Å². The number of aliphatic carboxylic acids is 1. The van der Waals surface area contributed by atoms with E-state index in [1.807, 2.05) is 0 Å². The Morgan fingerprint density at radius 2 is 0.846 bits per heavy atom. The number of rotatable bonds is 40. The van der Waals surface area contributed by atoms with Crippen molar-refractivity contribution in [3.05, 3.63) is 0 Å². The second-order valence-corrected chi connectivity index (χ2v) is 15.9. The highest BCUT2D eigenvalue weighted by Crippen LogP contribution is 2.43. The highest BCUT2D eigenvalue weighted by atomic mass is 31.2. The molecule has 308 valence electrons.